The summed E-state index contributed by atoms with van der Waals surface area (Å²) in [5.41, 5.74) is 3.44. The third-order valence-electron chi connectivity index (χ3n) is 6.51. The number of fused-ring (bicyclic) bond motifs is 1. The van der Waals surface area contributed by atoms with Crippen LogP contribution in [-0.4, -0.2) is 58.2 Å². The summed E-state index contributed by atoms with van der Waals surface area (Å²) >= 11 is 0. The molecule has 1 aromatic heterocycles. The zero-order valence-corrected chi connectivity index (χ0v) is 18.3. The van der Waals surface area contributed by atoms with Crippen LogP contribution in [-0.2, 0) is 22.7 Å². The molecule has 1 unspecified atom stereocenters. The molecule has 1 N–H and O–H groups in total. The van der Waals surface area contributed by atoms with Crippen LogP contribution in [0.5, 0.6) is 5.75 Å². The molecule has 0 bridgehead atoms. The van der Waals surface area contributed by atoms with Gasteiger partial charge in [-0.25, -0.2) is 0 Å². The number of rotatable bonds is 7. The number of aromatic nitrogens is 1. The van der Waals surface area contributed by atoms with Crippen molar-refractivity contribution in [3.05, 3.63) is 65.5 Å². The number of amides is 3. The lowest BCUT2D eigenvalue weighted by Crippen LogP contribution is -2.52. The largest absolute Gasteiger partial charge is 0.493 e. The minimum atomic E-state index is -0.620. The first kappa shape index (κ1) is 21.3. The highest BCUT2D eigenvalue weighted by Gasteiger charge is 2.40. The Morgan fingerprint density at radius 1 is 1.18 bits per heavy atom. The van der Waals surface area contributed by atoms with Crippen molar-refractivity contribution in [1.29, 1.82) is 0 Å². The number of nitrogens with zero attached hydrogens (tertiary/aromatic N) is 3. The number of pyridine rings is 1. The van der Waals surface area contributed by atoms with Crippen LogP contribution in [0.2, 0.25) is 0 Å². The van der Waals surface area contributed by atoms with Crippen LogP contribution in [0.25, 0.3) is 6.08 Å². The van der Waals surface area contributed by atoms with Gasteiger partial charge in [-0.2, -0.15) is 0 Å². The topological polar surface area (TPSA) is 91.8 Å². The Balaban J connectivity index is 1.16. The lowest BCUT2D eigenvalue weighted by atomic mass is 10.0. The fraction of sp³-hybridized carbons (Fsp3) is 0.360. The van der Waals surface area contributed by atoms with Gasteiger partial charge in [-0.15, -0.1) is 0 Å². The third kappa shape index (κ3) is 4.26. The number of carbonyl (C=O) groups is 3. The molecule has 1 atom stereocenters. The molecule has 0 aliphatic carbocycles. The van der Waals surface area contributed by atoms with Gasteiger partial charge >= 0.3 is 0 Å². The first-order valence-electron chi connectivity index (χ1n) is 11.2. The maximum absolute atomic E-state index is 12.9. The molecule has 2 fully saturated rings. The van der Waals surface area contributed by atoms with Crippen LogP contribution in [0.1, 0.15) is 40.0 Å². The van der Waals surface area contributed by atoms with Crippen LogP contribution in [0.3, 0.4) is 0 Å². The second kappa shape index (κ2) is 8.78. The fourth-order valence-electron chi connectivity index (χ4n) is 4.72. The third-order valence-corrected chi connectivity index (χ3v) is 6.51. The van der Waals surface area contributed by atoms with Gasteiger partial charge in [-0.1, -0.05) is 18.7 Å². The van der Waals surface area contributed by atoms with E-state index >= 15 is 0 Å². The summed E-state index contributed by atoms with van der Waals surface area (Å²) in [6.07, 6.45) is 4.22. The van der Waals surface area contributed by atoms with Crippen molar-refractivity contribution in [1.82, 2.24) is 20.1 Å². The van der Waals surface area contributed by atoms with E-state index in [1.54, 1.807) is 17.0 Å². The minimum absolute atomic E-state index is 0.184. The highest BCUT2D eigenvalue weighted by molar-refractivity contribution is 6.05. The number of likely N-dealkylation sites (tertiary alicyclic amines) is 1. The Bertz CT molecular complexity index is 1110. The summed E-state index contributed by atoms with van der Waals surface area (Å²) < 4.78 is 6.13. The fourth-order valence-corrected chi connectivity index (χ4v) is 4.72. The van der Waals surface area contributed by atoms with Crippen LogP contribution in [0, 0.1) is 5.92 Å². The number of benzene rings is 1. The number of hydrogen-bond acceptors (Lipinski definition) is 6. The molecule has 8 heteroatoms. The van der Waals surface area contributed by atoms with Gasteiger partial charge in [0.2, 0.25) is 11.8 Å². The van der Waals surface area contributed by atoms with Crippen molar-refractivity contribution in [2.75, 3.05) is 19.7 Å². The molecule has 0 saturated carbocycles. The molecule has 3 amide bonds. The van der Waals surface area contributed by atoms with Crippen molar-refractivity contribution in [3.8, 4) is 5.75 Å². The number of hydrogen-bond donors (Lipinski definition) is 1. The zero-order chi connectivity index (χ0) is 22.9. The molecular weight excluding hydrogens is 420 g/mol. The van der Waals surface area contributed by atoms with E-state index in [-0.39, 0.29) is 18.2 Å². The maximum Gasteiger partial charge on any atom is 0.255 e. The van der Waals surface area contributed by atoms with Gasteiger partial charge in [0.15, 0.2) is 0 Å². The second-order valence-corrected chi connectivity index (χ2v) is 8.85. The Hall–Kier alpha value is -3.52. The Labute approximate surface area is 192 Å². The molecule has 2 aromatic rings. The van der Waals surface area contributed by atoms with E-state index in [1.165, 1.54) is 5.56 Å². The Morgan fingerprint density at radius 2 is 2.03 bits per heavy atom. The van der Waals surface area contributed by atoms with E-state index < -0.39 is 11.9 Å². The summed E-state index contributed by atoms with van der Waals surface area (Å²) in [6.45, 7) is 7.37. The molecule has 3 aliphatic heterocycles. The van der Waals surface area contributed by atoms with Gasteiger partial charge < -0.3 is 9.64 Å². The molecule has 4 heterocycles. The normalized spacial score (nSPS) is 20.9. The highest BCUT2D eigenvalue weighted by Crippen LogP contribution is 2.34. The molecule has 3 aliphatic rings. The minimum Gasteiger partial charge on any atom is -0.493 e. The number of imide groups is 1. The van der Waals surface area contributed by atoms with E-state index in [9.17, 15) is 14.4 Å². The summed E-state index contributed by atoms with van der Waals surface area (Å²) in [5.74, 6) is 0.238. The predicted molar refractivity (Wildman–Crippen MR) is 121 cm³/mol. The van der Waals surface area contributed by atoms with Crippen molar-refractivity contribution in [3.63, 3.8) is 0 Å². The molecule has 5 rings (SSSR count). The van der Waals surface area contributed by atoms with Crippen LogP contribution >= 0.6 is 0 Å². The number of nitrogens with one attached hydrogen (secondary N) is 1. The van der Waals surface area contributed by atoms with Gasteiger partial charge in [-0.05, 0) is 36.3 Å². The number of ether oxygens (including phenoxy) is 1. The van der Waals surface area contributed by atoms with Crippen molar-refractivity contribution in [2.45, 2.75) is 32.0 Å². The van der Waals surface area contributed by atoms with E-state index in [2.05, 4.69) is 27.8 Å². The first-order valence-corrected chi connectivity index (χ1v) is 11.2. The summed E-state index contributed by atoms with van der Waals surface area (Å²) in [6, 6.07) is 8.89. The van der Waals surface area contributed by atoms with E-state index in [0.717, 1.165) is 30.9 Å². The summed E-state index contributed by atoms with van der Waals surface area (Å²) in [5, 5.41) is 2.33. The number of carbonyl (C=O) groups excluding carboxylic acids is 3. The van der Waals surface area contributed by atoms with Crippen molar-refractivity contribution in [2.24, 2.45) is 5.92 Å². The van der Waals surface area contributed by atoms with Crippen LogP contribution < -0.4 is 10.1 Å². The summed E-state index contributed by atoms with van der Waals surface area (Å²) in [7, 11) is 0. The molecule has 33 heavy (non-hydrogen) atoms. The van der Waals surface area contributed by atoms with E-state index in [0.29, 0.717) is 36.8 Å². The average Bonchev–Trinajstić information content (AvgIpc) is 3.12. The molecule has 1 aromatic carbocycles. The quantitative estimate of drug-likeness (QED) is 0.654. The predicted octanol–water partition coefficient (Wildman–Crippen LogP) is 2.00. The molecular formula is C25H26N4O4. The monoisotopic (exact) mass is 446 g/mol. The smallest absolute Gasteiger partial charge is 0.255 e. The molecule has 170 valence electrons. The maximum atomic E-state index is 12.9. The lowest BCUT2D eigenvalue weighted by Gasteiger charge is -2.39. The highest BCUT2D eigenvalue weighted by atomic mass is 16.5. The first-order chi connectivity index (χ1) is 16.0. The molecule has 8 nitrogen and oxygen atoms in total. The molecule has 0 radical (unpaired) electrons. The Kier molecular flexibility index (Phi) is 5.68. The average molecular weight is 447 g/mol. The zero-order valence-electron chi connectivity index (χ0n) is 18.3. The van der Waals surface area contributed by atoms with Crippen LogP contribution in [0.15, 0.2) is 43.1 Å². The van der Waals surface area contributed by atoms with Crippen molar-refractivity contribution >= 4 is 23.8 Å². The van der Waals surface area contributed by atoms with Crippen molar-refractivity contribution < 1.29 is 19.1 Å². The van der Waals surface area contributed by atoms with Gasteiger partial charge in [0.1, 0.15) is 11.8 Å². The molecule has 0 spiro atoms. The van der Waals surface area contributed by atoms with Gasteiger partial charge in [0, 0.05) is 49.3 Å². The van der Waals surface area contributed by atoms with E-state index in [1.807, 2.05) is 24.4 Å². The SMILES string of the molecule is C=Cc1ccc(CN2CC(COc3cccc4c3CN(C3CCC(=O)NC3=O)C4=O)C2)cn1. The second-order valence-electron chi connectivity index (χ2n) is 8.85. The van der Waals surface area contributed by atoms with Gasteiger partial charge in [0.25, 0.3) is 5.91 Å². The lowest BCUT2D eigenvalue weighted by molar-refractivity contribution is -0.136. The summed E-state index contributed by atoms with van der Waals surface area (Å²) in [4.78, 5) is 44.9. The van der Waals surface area contributed by atoms with Gasteiger partial charge in [-0.3, -0.25) is 29.6 Å². The number of piperidine rings is 1. The molecule has 2 saturated heterocycles. The Morgan fingerprint density at radius 3 is 2.76 bits per heavy atom. The standard InChI is InChI=1S/C25H26N4O4/c1-2-18-7-6-16(10-26-18)11-28-12-17(13-28)15-33-22-5-3-4-19-20(22)14-29(25(19)32)21-8-9-23(30)27-24(21)31/h2-7,10,17,21H,1,8-9,11-15H2,(H,27,30,31). The van der Waals surface area contributed by atoms with E-state index in [4.69, 9.17) is 4.74 Å². The van der Waals surface area contributed by atoms with Gasteiger partial charge in [0.05, 0.1) is 18.8 Å². The van der Waals surface area contributed by atoms with Crippen LogP contribution in [0.4, 0.5) is 0 Å².